The van der Waals surface area contributed by atoms with Gasteiger partial charge in [-0.15, -0.1) is 0 Å². The van der Waals surface area contributed by atoms with E-state index in [0.29, 0.717) is 12.2 Å². The molecule has 0 heterocycles. The lowest BCUT2D eigenvalue weighted by molar-refractivity contribution is 0.0190. The number of carbonyl (C=O) groups is 1. The first-order chi connectivity index (χ1) is 8.47. The first kappa shape index (κ1) is 14.8. The molecule has 3 heteroatoms. The zero-order valence-corrected chi connectivity index (χ0v) is 11.4. The van der Waals surface area contributed by atoms with Crippen molar-refractivity contribution in [2.45, 2.75) is 33.8 Å². The second kappa shape index (κ2) is 6.64. The van der Waals surface area contributed by atoms with E-state index in [1.54, 1.807) is 0 Å². The molecule has 0 bridgehead atoms. The molecule has 2 atom stereocenters. The fourth-order valence-electron chi connectivity index (χ4n) is 2.23. The van der Waals surface area contributed by atoms with Gasteiger partial charge in [-0.25, -0.2) is 4.39 Å². The monoisotopic (exact) mass is 252 g/mol. The minimum atomic E-state index is -0.328. The van der Waals surface area contributed by atoms with Gasteiger partial charge in [0.1, 0.15) is 5.82 Å². The molecule has 1 aromatic carbocycles. The van der Waals surface area contributed by atoms with Gasteiger partial charge in [-0.05, 0) is 44.0 Å². The predicted molar refractivity (Wildman–Crippen MR) is 70.1 cm³/mol. The van der Waals surface area contributed by atoms with Crippen LogP contribution in [-0.4, -0.2) is 18.5 Å². The standard InChI is InChI=1S/C15H21FO2/c1-5-18-11(4)14(10(2)3)15(17)12-6-8-13(16)9-7-12/h6-11,14H,5H2,1-4H3. The Labute approximate surface area is 108 Å². The summed E-state index contributed by atoms with van der Waals surface area (Å²) in [6, 6.07) is 5.70. The third-order valence-electron chi connectivity index (χ3n) is 3.09. The largest absolute Gasteiger partial charge is 0.378 e. The number of hydrogen-bond donors (Lipinski definition) is 0. The van der Waals surface area contributed by atoms with Crippen LogP contribution in [0.3, 0.4) is 0 Å². The van der Waals surface area contributed by atoms with E-state index in [-0.39, 0.29) is 29.5 Å². The van der Waals surface area contributed by atoms with Crippen LogP contribution in [0.15, 0.2) is 24.3 Å². The number of rotatable bonds is 6. The van der Waals surface area contributed by atoms with Crippen LogP contribution in [0.1, 0.15) is 38.1 Å². The molecule has 100 valence electrons. The molecule has 0 aromatic heterocycles. The van der Waals surface area contributed by atoms with Gasteiger partial charge in [-0.1, -0.05) is 13.8 Å². The Balaban J connectivity index is 2.92. The second-order valence-electron chi connectivity index (χ2n) is 4.80. The molecule has 0 amide bonds. The van der Waals surface area contributed by atoms with Gasteiger partial charge < -0.3 is 4.74 Å². The maximum atomic E-state index is 12.9. The van der Waals surface area contributed by atoms with Crippen LogP contribution in [0.4, 0.5) is 4.39 Å². The number of carbonyl (C=O) groups excluding carboxylic acids is 1. The summed E-state index contributed by atoms with van der Waals surface area (Å²) in [5.41, 5.74) is 0.543. The van der Waals surface area contributed by atoms with Gasteiger partial charge in [0, 0.05) is 12.2 Å². The molecule has 0 radical (unpaired) electrons. The van der Waals surface area contributed by atoms with E-state index in [2.05, 4.69) is 0 Å². The van der Waals surface area contributed by atoms with Crippen LogP contribution >= 0.6 is 0 Å². The Morgan fingerprint density at radius 1 is 1.22 bits per heavy atom. The van der Waals surface area contributed by atoms with Gasteiger partial charge in [0.2, 0.25) is 0 Å². The molecule has 0 saturated heterocycles. The smallest absolute Gasteiger partial charge is 0.168 e. The van der Waals surface area contributed by atoms with E-state index in [4.69, 9.17) is 4.74 Å². The molecule has 0 N–H and O–H groups in total. The molecule has 0 aliphatic carbocycles. The van der Waals surface area contributed by atoms with Gasteiger partial charge in [0.15, 0.2) is 5.78 Å². The Bertz CT molecular complexity index is 384. The lowest BCUT2D eigenvalue weighted by atomic mass is 9.84. The fraction of sp³-hybridized carbons (Fsp3) is 0.533. The molecule has 1 aromatic rings. The van der Waals surface area contributed by atoms with Crippen LogP contribution < -0.4 is 0 Å². The highest BCUT2D eigenvalue weighted by Crippen LogP contribution is 2.23. The van der Waals surface area contributed by atoms with Crippen molar-refractivity contribution in [1.82, 2.24) is 0 Å². The lowest BCUT2D eigenvalue weighted by Crippen LogP contribution is -2.32. The van der Waals surface area contributed by atoms with E-state index >= 15 is 0 Å². The van der Waals surface area contributed by atoms with Crippen molar-refractivity contribution in [3.8, 4) is 0 Å². The zero-order valence-electron chi connectivity index (χ0n) is 11.4. The summed E-state index contributed by atoms with van der Waals surface area (Å²) in [7, 11) is 0. The molecule has 0 saturated carbocycles. The molecule has 18 heavy (non-hydrogen) atoms. The van der Waals surface area contributed by atoms with Crippen LogP contribution in [0.5, 0.6) is 0 Å². The Hall–Kier alpha value is -1.22. The quantitative estimate of drug-likeness (QED) is 0.721. The summed E-state index contributed by atoms with van der Waals surface area (Å²) >= 11 is 0. The number of halogens is 1. The SMILES string of the molecule is CCOC(C)C(C(=O)c1ccc(F)cc1)C(C)C. The Morgan fingerprint density at radius 2 is 1.78 bits per heavy atom. The van der Waals surface area contributed by atoms with Crippen molar-refractivity contribution in [2.75, 3.05) is 6.61 Å². The summed E-state index contributed by atoms with van der Waals surface area (Å²) in [4.78, 5) is 12.4. The lowest BCUT2D eigenvalue weighted by Gasteiger charge is -2.26. The molecule has 0 aliphatic rings. The van der Waals surface area contributed by atoms with Crippen molar-refractivity contribution in [3.63, 3.8) is 0 Å². The predicted octanol–water partition coefficient (Wildman–Crippen LogP) is 3.71. The zero-order chi connectivity index (χ0) is 13.7. The maximum Gasteiger partial charge on any atom is 0.168 e. The molecule has 2 nitrogen and oxygen atoms in total. The number of ketones is 1. The first-order valence-corrected chi connectivity index (χ1v) is 6.38. The van der Waals surface area contributed by atoms with Gasteiger partial charge >= 0.3 is 0 Å². The average molecular weight is 252 g/mol. The second-order valence-corrected chi connectivity index (χ2v) is 4.80. The van der Waals surface area contributed by atoms with Crippen molar-refractivity contribution in [2.24, 2.45) is 11.8 Å². The van der Waals surface area contributed by atoms with E-state index in [1.807, 2.05) is 27.7 Å². The number of benzene rings is 1. The fourth-order valence-corrected chi connectivity index (χ4v) is 2.23. The molecular formula is C15H21FO2. The first-order valence-electron chi connectivity index (χ1n) is 6.38. The van der Waals surface area contributed by atoms with Gasteiger partial charge in [-0.2, -0.15) is 0 Å². The third-order valence-corrected chi connectivity index (χ3v) is 3.09. The number of ether oxygens (including phenoxy) is 1. The highest BCUT2D eigenvalue weighted by Gasteiger charge is 2.29. The summed E-state index contributed by atoms with van der Waals surface area (Å²) in [5, 5.41) is 0. The highest BCUT2D eigenvalue weighted by atomic mass is 19.1. The number of Topliss-reactive ketones (excluding diaryl/α,β-unsaturated/α-hetero) is 1. The van der Waals surface area contributed by atoms with Crippen molar-refractivity contribution in [3.05, 3.63) is 35.6 Å². The van der Waals surface area contributed by atoms with Crippen LogP contribution in [-0.2, 0) is 4.74 Å². The van der Waals surface area contributed by atoms with Crippen molar-refractivity contribution < 1.29 is 13.9 Å². The molecule has 1 rings (SSSR count). The molecular weight excluding hydrogens is 231 g/mol. The summed E-state index contributed by atoms with van der Waals surface area (Å²) < 4.78 is 18.4. The molecule has 0 aliphatic heterocycles. The van der Waals surface area contributed by atoms with Crippen molar-refractivity contribution in [1.29, 1.82) is 0 Å². The van der Waals surface area contributed by atoms with Gasteiger partial charge in [-0.3, -0.25) is 4.79 Å². The van der Waals surface area contributed by atoms with Crippen molar-refractivity contribution >= 4 is 5.78 Å². The summed E-state index contributed by atoms with van der Waals surface area (Å²) in [5.74, 6) is -0.323. The summed E-state index contributed by atoms with van der Waals surface area (Å²) in [6.07, 6.45) is -0.132. The average Bonchev–Trinajstić information content (AvgIpc) is 2.29. The van der Waals surface area contributed by atoms with Crippen LogP contribution in [0.25, 0.3) is 0 Å². The Morgan fingerprint density at radius 3 is 2.22 bits per heavy atom. The van der Waals surface area contributed by atoms with E-state index in [9.17, 15) is 9.18 Å². The minimum Gasteiger partial charge on any atom is -0.378 e. The van der Waals surface area contributed by atoms with E-state index in [1.165, 1.54) is 24.3 Å². The molecule has 0 spiro atoms. The van der Waals surface area contributed by atoms with Crippen LogP contribution in [0.2, 0.25) is 0 Å². The highest BCUT2D eigenvalue weighted by molar-refractivity contribution is 5.98. The maximum absolute atomic E-state index is 12.9. The van der Waals surface area contributed by atoms with E-state index in [0.717, 1.165) is 0 Å². The Kier molecular flexibility index (Phi) is 5.48. The third kappa shape index (κ3) is 3.64. The minimum absolute atomic E-state index is 0.0194. The molecule has 2 unspecified atom stereocenters. The normalized spacial score (nSPS) is 14.6. The topological polar surface area (TPSA) is 26.3 Å². The van der Waals surface area contributed by atoms with Crippen LogP contribution in [0, 0.1) is 17.7 Å². The van der Waals surface area contributed by atoms with Gasteiger partial charge in [0.05, 0.1) is 12.0 Å². The molecule has 0 fully saturated rings. The van der Waals surface area contributed by atoms with Gasteiger partial charge in [0.25, 0.3) is 0 Å². The summed E-state index contributed by atoms with van der Waals surface area (Å²) in [6.45, 7) is 8.41. The van der Waals surface area contributed by atoms with E-state index < -0.39 is 0 Å². The number of hydrogen-bond acceptors (Lipinski definition) is 2.